The number of hydrogen-bond acceptors (Lipinski definition) is 5. The van der Waals surface area contributed by atoms with Crippen LogP contribution in [0.2, 0.25) is 0 Å². The summed E-state index contributed by atoms with van der Waals surface area (Å²) >= 11 is 0. The Morgan fingerprint density at radius 2 is 1.87 bits per heavy atom. The molecule has 2 heterocycles. The van der Waals surface area contributed by atoms with E-state index < -0.39 is 10.0 Å². The lowest BCUT2D eigenvalue weighted by Crippen LogP contribution is -2.11. The van der Waals surface area contributed by atoms with E-state index in [-0.39, 0.29) is 5.88 Å². The van der Waals surface area contributed by atoms with Crippen LogP contribution in [0.4, 0.5) is 5.69 Å². The molecular weight excluding hydrogens is 314 g/mol. The third-order valence-electron chi connectivity index (χ3n) is 3.31. The lowest BCUT2D eigenvalue weighted by molar-refractivity contribution is 0.400. The molecule has 7 heteroatoms. The maximum absolute atomic E-state index is 11.5. The molecule has 3 aromatic rings. The summed E-state index contributed by atoms with van der Waals surface area (Å²) in [5.74, 6) is 0.224. The van der Waals surface area contributed by atoms with Gasteiger partial charge in [-0.1, -0.05) is 12.1 Å². The highest BCUT2D eigenvalue weighted by Crippen LogP contribution is 2.30. The molecule has 1 N–H and O–H groups in total. The number of benzene rings is 1. The van der Waals surface area contributed by atoms with Crippen molar-refractivity contribution >= 4 is 26.5 Å². The predicted octanol–water partition coefficient (Wildman–Crippen LogP) is 2.68. The van der Waals surface area contributed by atoms with Crippen molar-refractivity contribution in [3.63, 3.8) is 0 Å². The lowest BCUT2D eigenvalue weighted by atomic mass is 10.0. The van der Waals surface area contributed by atoms with Gasteiger partial charge < -0.3 is 4.74 Å². The summed E-state index contributed by atoms with van der Waals surface area (Å²) in [5, 5.41) is 2.08. The van der Waals surface area contributed by atoms with Crippen LogP contribution < -0.4 is 9.46 Å². The van der Waals surface area contributed by atoms with Gasteiger partial charge in [-0.15, -0.1) is 0 Å². The first-order valence-corrected chi connectivity index (χ1v) is 8.71. The molecule has 0 unspecified atom stereocenters. The van der Waals surface area contributed by atoms with Crippen molar-refractivity contribution in [3.8, 4) is 17.0 Å². The fraction of sp³-hybridized carbons (Fsp3) is 0.125. The maximum Gasteiger partial charge on any atom is 0.238 e. The van der Waals surface area contributed by atoms with Crippen LogP contribution in [0.15, 0.2) is 48.9 Å². The average Bonchev–Trinajstić information content (AvgIpc) is 2.53. The molecule has 6 nitrogen and oxygen atoms in total. The molecule has 0 aliphatic carbocycles. The summed E-state index contributed by atoms with van der Waals surface area (Å²) < 4.78 is 30.5. The van der Waals surface area contributed by atoms with Crippen molar-refractivity contribution in [2.24, 2.45) is 0 Å². The number of ether oxygens (including phenoxy) is 1. The first-order chi connectivity index (χ1) is 11.0. The lowest BCUT2D eigenvalue weighted by Gasteiger charge is -2.11. The Morgan fingerprint density at radius 1 is 1.04 bits per heavy atom. The van der Waals surface area contributed by atoms with Crippen molar-refractivity contribution in [3.05, 3.63) is 48.9 Å². The second kappa shape index (κ2) is 5.85. The summed E-state index contributed by atoms with van der Waals surface area (Å²) in [6, 6.07) is 9.55. The Labute approximate surface area is 134 Å². The molecular formula is C16H15N3O3S. The molecule has 0 amide bonds. The third-order valence-corrected chi connectivity index (χ3v) is 3.90. The van der Waals surface area contributed by atoms with E-state index in [4.69, 9.17) is 4.74 Å². The first kappa shape index (κ1) is 15.2. The van der Waals surface area contributed by atoms with Crippen molar-refractivity contribution in [2.45, 2.75) is 0 Å². The zero-order chi connectivity index (χ0) is 16.4. The van der Waals surface area contributed by atoms with Gasteiger partial charge in [0.1, 0.15) is 5.69 Å². The molecule has 0 aliphatic rings. The zero-order valence-corrected chi connectivity index (χ0v) is 13.5. The third kappa shape index (κ3) is 3.40. The minimum Gasteiger partial charge on any atom is -0.480 e. The highest BCUT2D eigenvalue weighted by atomic mass is 32.2. The van der Waals surface area contributed by atoms with Crippen molar-refractivity contribution < 1.29 is 13.2 Å². The van der Waals surface area contributed by atoms with E-state index in [2.05, 4.69) is 14.7 Å². The number of fused-ring (bicyclic) bond motifs is 1. The fourth-order valence-electron chi connectivity index (χ4n) is 2.31. The molecule has 0 saturated heterocycles. The topological polar surface area (TPSA) is 81.2 Å². The quantitative estimate of drug-likeness (QED) is 0.796. The molecule has 23 heavy (non-hydrogen) atoms. The van der Waals surface area contributed by atoms with E-state index in [0.717, 1.165) is 28.2 Å². The average molecular weight is 329 g/mol. The molecule has 0 saturated carbocycles. The normalized spacial score (nSPS) is 11.4. The molecule has 3 rings (SSSR count). The van der Waals surface area contributed by atoms with Crippen LogP contribution in [0.3, 0.4) is 0 Å². The van der Waals surface area contributed by atoms with E-state index in [0.29, 0.717) is 5.69 Å². The molecule has 0 bridgehead atoms. The molecule has 118 valence electrons. The van der Waals surface area contributed by atoms with Crippen LogP contribution in [0.5, 0.6) is 5.88 Å². The molecule has 0 spiro atoms. The molecule has 0 radical (unpaired) electrons. The van der Waals surface area contributed by atoms with Crippen LogP contribution in [0, 0.1) is 0 Å². The van der Waals surface area contributed by atoms with E-state index in [9.17, 15) is 8.42 Å². The number of sulfonamides is 1. The summed E-state index contributed by atoms with van der Waals surface area (Å²) in [7, 11) is -1.98. The number of rotatable bonds is 4. The van der Waals surface area contributed by atoms with Crippen molar-refractivity contribution in [2.75, 3.05) is 18.1 Å². The van der Waals surface area contributed by atoms with Gasteiger partial charge in [-0.25, -0.2) is 13.4 Å². The predicted molar refractivity (Wildman–Crippen MR) is 90.0 cm³/mol. The van der Waals surface area contributed by atoms with Gasteiger partial charge in [-0.3, -0.25) is 9.71 Å². The van der Waals surface area contributed by atoms with Gasteiger partial charge in [0.05, 0.1) is 13.4 Å². The Hall–Kier alpha value is -2.67. The largest absolute Gasteiger partial charge is 0.480 e. The minimum absolute atomic E-state index is 0.224. The second-order valence-corrected chi connectivity index (χ2v) is 6.84. The number of pyridine rings is 2. The van der Waals surface area contributed by atoms with Crippen molar-refractivity contribution in [1.29, 1.82) is 0 Å². The van der Waals surface area contributed by atoms with E-state index in [1.807, 2.05) is 24.3 Å². The van der Waals surface area contributed by atoms with Gasteiger partial charge in [0.2, 0.25) is 15.9 Å². The van der Waals surface area contributed by atoms with Crippen LogP contribution in [0.1, 0.15) is 0 Å². The zero-order valence-electron chi connectivity index (χ0n) is 12.6. The van der Waals surface area contributed by atoms with Crippen molar-refractivity contribution in [1.82, 2.24) is 9.97 Å². The summed E-state index contributed by atoms with van der Waals surface area (Å²) in [6.45, 7) is 0. The monoisotopic (exact) mass is 329 g/mol. The van der Waals surface area contributed by atoms with Gasteiger partial charge in [-0.05, 0) is 29.1 Å². The van der Waals surface area contributed by atoms with Crippen LogP contribution in [-0.2, 0) is 10.0 Å². The molecule has 0 atom stereocenters. The summed E-state index contributed by atoms with van der Waals surface area (Å²) in [4.78, 5) is 8.29. The number of aromatic nitrogens is 2. The number of nitrogens with one attached hydrogen (secondary N) is 1. The second-order valence-electron chi connectivity index (χ2n) is 5.09. The van der Waals surface area contributed by atoms with Gasteiger partial charge in [0.25, 0.3) is 0 Å². The van der Waals surface area contributed by atoms with Gasteiger partial charge >= 0.3 is 0 Å². The van der Waals surface area contributed by atoms with Crippen LogP contribution >= 0.6 is 0 Å². The van der Waals surface area contributed by atoms with E-state index in [1.165, 1.54) is 7.11 Å². The highest BCUT2D eigenvalue weighted by molar-refractivity contribution is 7.92. The van der Waals surface area contributed by atoms with E-state index >= 15 is 0 Å². The number of anilines is 1. The summed E-state index contributed by atoms with van der Waals surface area (Å²) in [5.41, 5.74) is 2.00. The summed E-state index contributed by atoms with van der Waals surface area (Å²) in [6.07, 6.45) is 6.25. The Kier molecular flexibility index (Phi) is 3.87. The van der Waals surface area contributed by atoms with Gasteiger partial charge in [0, 0.05) is 29.5 Å². The fourth-order valence-corrected chi connectivity index (χ4v) is 2.86. The maximum atomic E-state index is 11.5. The first-order valence-electron chi connectivity index (χ1n) is 6.82. The number of nitrogens with zero attached hydrogens (tertiary/aromatic N) is 2. The smallest absolute Gasteiger partial charge is 0.238 e. The SMILES string of the molecule is COc1ncc(-c2ccc3ccncc3c2)cc1NS(C)(=O)=O. The van der Waals surface area contributed by atoms with Gasteiger partial charge in [0.15, 0.2) is 0 Å². The van der Waals surface area contributed by atoms with E-state index in [1.54, 1.807) is 24.7 Å². The van der Waals surface area contributed by atoms with Crippen LogP contribution in [0.25, 0.3) is 21.9 Å². The molecule has 2 aromatic heterocycles. The molecule has 0 aliphatic heterocycles. The van der Waals surface area contributed by atoms with Gasteiger partial charge in [-0.2, -0.15) is 0 Å². The highest BCUT2D eigenvalue weighted by Gasteiger charge is 2.11. The Morgan fingerprint density at radius 3 is 2.61 bits per heavy atom. The molecule has 1 aromatic carbocycles. The number of methoxy groups -OCH3 is 1. The Bertz CT molecular complexity index is 971. The Balaban J connectivity index is 2.09. The molecule has 0 fully saturated rings. The van der Waals surface area contributed by atoms with Crippen LogP contribution in [-0.4, -0.2) is 31.8 Å². The number of hydrogen-bond donors (Lipinski definition) is 1. The minimum atomic E-state index is -3.42. The standard InChI is InChI=1S/C16H15N3O3S/c1-22-16-15(19-23(2,20)21)8-14(10-18-16)12-4-3-11-5-6-17-9-13(11)7-12/h3-10,19H,1-2H3.